The molecule has 0 saturated heterocycles. The van der Waals surface area contributed by atoms with E-state index in [9.17, 15) is 4.79 Å². The Labute approximate surface area is 206 Å². The van der Waals surface area contributed by atoms with Crippen LogP contribution in [0.15, 0.2) is 35.7 Å². The van der Waals surface area contributed by atoms with Crippen molar-refractivity contribution in [3.63, 3.8) is 0 Å². The average molecular weight is 496 g/mol. The van der Waals surface area contributed by atoms with Crippen molar-refractivity contribution in [2.45, 2.75) is 25.2 Å². The van der Waals surface area contributed by atoms with Gasteiger partial charge in [0.15, 0.2) is 23.0 Å². The number of rotatable bonds is 6. The number of hydrogen-bond donors (Lipinski definition) is 0. The van der Waals surface area contributed by atoms with E-state index in [0.717, 1.165) is 34.5 Å². The zero-order chi connectivity index (χ0) is 24.1. The second-order valence-electron chi connectivity index (χ2n) is 8.65. The van der Waals surface area contributed by atoms with Crippen LogP contribution in [-0.2, 0) is 17.8 Å². The molecule has 0 bridgehead atoms. The monoisotopic (exact) mass is 495 g/mol. The second kappa shape index (κ2) is 8.66. The summed E-state index contributed by atoms with van der Waals surface area (Å²) < 4.78 is 34.9. The van der Waals surface area contributed by atoms with Crippen LogP contribution in [0.1, 0.15) is 44.1 Å². The van der Waals surface area contributed by atoms with Crippen molar-refractivity contribution in [3.05, 3.63) is 62.8 Å². The third kappa shape index (κ3) is 3.49. The Bertz CT molecular complexity index is 1290. The molecule has 2 atom stereocenters. The SMILES string of the molecule is COc1ccc2c(c1OCc1cccs1)C(=O)O[C@@H]2[C@H]1c2c(cc3c(c2OC)OCO3)CCN1C. The van der Waals surface area contributed by atoms with E-state index in [-0.39, 0.29) is 12.8 Å². The molecule has 9 heteroatoms. The van der Waals surface area contributed by atoms with E-state index >= 15 is 0 Å². The highest BCUT2D eigenvalue weighted by Gasteiger charge is 2.46. The van der Waals surface area contributed by atoms with E-state index < -0.39 is 12.1 Å². The lowest BCUT2D eigenvalue weighted by Crippen LogP contribution is -2.36. The van der Waals surface area contributed by atoms with Crippen LogP contribution in [0, 0.1) is 0 Å². The minimum absolute atomic E-state index is 0.154. The van der Waals surface area contributed by atoms with Crippen molar-refractivity contribution in [2.24, 2.45) is 0 Å². The molecule has 182 valence electrons. The van der Waals surface area contributed by atoms with Gasteiger partial charge in [-0.15, -0.1) is 11.3 Å². The Morgan fingerprint density at radius 1 is 1.14 bits per heavy atom. The van der Waals surface area contributed by atoms with Crippen molar-refractivity contribution in [2.75, 3.05) is 34.6 Å². The maximum atomic E-state index is 13.3. The van der Waals surface area contributed by atoms with Gasteiger partial charge in [-0.3, -0.25) is 4.90 Å². The van der Waals surface area contributed by atoms with E-state index in [2.05, 4.69) is 4.90 Å². The highest BCUT2D eigenvalue weighted by Crippen LogP contribution is 2.55. The minimum Gasteiger partial charge on any atom is -0.493 e. The van der Waals surface area contributed by atoms with Crippen LogP contribution in [0.3, 0.4) is 0 Å². The number of fused-ring (bicyclic) bond motifs is 3. The summed E-state index contributed by atoms with van der Waals surface area (Å²) in [5.41, 5.74) is 3.22. The number of likely N-dealkylation sites (N-methyl/N-ethyl adjacent to an activating group) is 1. The van der Waals surface area contributed by atoms with E-state index in [4.69, 9.17) is 28.4 Å². The fourth-order valence-corrected chi connectivity index (χ4v) is 5.81. The molecule has 0 unspecified atom stereocenters. The molecule has 0 spiro atoms. The summed E-state index contributed by atoms with van der Waals surface area (Å²) >= 11 is 1.59. The zero-order valence-corrected chi connectivity index (χ0v) is 20.5. The standard InChI is InChI=1S/C26H25NO7S/c1-27-9-8-14-11-18-24(33-13-32-18)25(30-3)19(14)21(27)22-16-6-7-17(29-2)23(20(16)26(28)34-22)31-12-15-5-4-10-35-15/h4-7,10-11,21-22H,8-9,12-13H2,1-3H3/t21-,22+/m1/s1. The molecule has 0 radical (unpaired) electrons. The molecule has 0 saturated carbocycles. The van der Waals surface area contributed by atoms with Crippen molar-refractivity contribution >= 4 is 17.3 Å². The Balaban J connectivity index is 1.45. The number of nitrogens with zero attached hydrogens (tertiary/aromatic N) is 1. The Hall–Kier alpha value is -3.43. The van der Waals surface area contributed by atoms with Crippen molar-refractivity contribution in [1.82, 2.24) is 4.90 Å². The third-order valence-electron chi connectivity index (χ3n) is 6.80. The number of thiophene rings is 1. The number of ether oxygens (including phenoxy) is 6. The van der Waals surface area contributed by atoms with Crippen LogP contribution in [0.25, 0.3) is 0 Å². The molecule has 2 aromatic carbocycles. The van der Waals surface area contributed by atoms with Gasteiger partial charge in [0.2, 0.25) is 12.5 Å². The third-order valence-corrected chi connectivity index (χ3v) is 7.65. The van der Waals surface area contributed by atoms with E-state index in [1.165, 1.54) is 0 Å². The first kappa shape index (κ1) is 22.1. The number of carbonyl (C=O) groups excluding carboxylic acids is 1. The summed E-state index contributed by atoms with van der Waals surface area (Å²) in [5, 5.41) is 1.99. The van der Waals surface area contributed by atoms with E-state index in [1.807, 2.05) is 42.8 Å². The van der Waals surface area contributed by atoms with Gasteiger partial charge in [-0.2, -0.15) is 0 Å². The van der Waals surface area contributed by atoms with Gasteiger partial charge >= 0.3 is 5.97 Å². The molecule has 3 aliphatic rings. The number of methoxy groups -OCH3 is 2. The van der Waals surface area contributed by atoms with Crippen LogP contribution < -0.4 is 23.7 Å². The summed E-state index contributed by atoms with van der Waals surface area (Å²) in [6.07, 6.45) is 0.270. The maximum Gasteiger partial charge on any atom is 0.343 e. The first-order chi connectivity index (χ1) is 17.1. The van der Waals surface area contributed by atoms with Crippen molar-refractivity contribution in [3.8, 4) is 28.7 Å². The number of carbonyl (C=O) groups is 1. The highest BCUT2D eigenvalue weighted by molar-refractivity contribution is 7.09. The topological polar surface area (TPSA) is 75.7 Å². The van der Waals surface area contributed by atoms with Crippen LogP contribution >= 0.6 is 11.3 Å². The van der Waals surface area contributed by atoms with Gasteiger partial charge in [-0.1, -0.05) is 12.1 Å². The second-order valence-corrected chi connectivity index (χ2v) is 9.68. The fourth-order valence-electron chi connectivity index (χ4n) is 5.19. The molecule has 3 aromatic rings. The number of benzene rings is 2. The van der Waals surface area contributed by atoms with Gasteiger partial charge in [-0.25, -0.2) is 4.79 Å². The maximum absolute atomic E-state index is 13.3. The van der Waals surface area contributed by atoms with Gasteiger partial charge in [0.1, 0.15) is 18.3 Å². The molecule has 6 rings (SSSR count). The molecule has 0 amide bonds. The van der Waals surface area contributed by atoms with E-state index in [1.54, 1.807) is 25.6 Å². The van der Waals surface area contributed by atoms with Crippen LogP contribution in [-0.4, -0.2) is 45.5 Å². The first-order valence-electron chi connectivity index (χ1n) is 11.4. The predicted octanol–water partition coefficient (Wildman–Crippen LogP) is 4.51. The summed E-state index contributed by atoms with van der Waals surface area (Å²) in [7, 11) is 5.22. The summed E-state index contributed by atoms with van der Waals surface area (Å²) in [6, 6.07) is 9.43. The Morgan fingerprint density at radius 2 is 2.03 bits per heavy atom. The fraction of sp³-hybridized carbons (Fsp3) is 0.346. The molecule has 0 N–H and O–H groups in total. The molecular formula is C26H25NO7S. The smallest absolute Gasteiger partial charge is 0.343 e. The normalized spacial score (nSPS) is 20.3. The van der Waals surface area contributed by atoms with Gasteiger partial charge in [0, 0.05) is 22.5 Å². The molecule has 35 heavy (non-hydrogen) atoms. The molecule has 4 heterocycles. The zero-order valence-electron chi connectivity index (χ0n) is 19.7. The van der Waals surface area contributed by atoms with E-state index in [0.29, 0.717) is 40.9 Å². The van der Waals surface area contributed by atoms with Gasteiger partial charge in [-0.05, 0) is 42.6 Å². The number of cyclic esters (lactones) is 1. The number of esters is 1. The summed E-state index contributed by atoms with van der Waals surface area (Å²) in [5.74, 6) is 2.37. The van der Waals surface area contributed by atoms with Crippen molar-refractivity contribution < 1.29 is 33.2 Å². The van der Waals surface area contributed by atoms with Crippen LogP contribution in [0.5, 0.6) is 28.7 Å². The lowest BCUT2D eigenvalue weighted by Gasteiger charge is -2.38. The predicted molar refractivity (Wildman–Crippen MR) is 128 cm³/mol. The van der Waals surface area contributed by atoms with Gasteiger partial charge in [0.05, 0.1) is 20.3 Å². The molecule has 0 fully saturated rings. The molecule has 8 nitrogen and oxygen atoms in total. The first-order valence-corrected chi connectivity index (χ1v) is 12.2. The Morgan fingerprint density at radius 3 is 2.80 bits per heavy atom. The van der Waals surface area contributed by atoms with Crippen LogP contribution in [0.2, 0.25) is 0 Å². The molecule has 1 aromatic heterocycles. The molecular weight excluding hydrogens is 470 g/mol. The molecule has 3 aliphatic heterocycles. The van der Waals surface area contributed by atoms with Crippen LogP contribution in [0.4, 0.5) is 0 Å². The Kier molecular flexibility index (Phi) is 5.46. The lowest BCUT2D eigenvalue weighted by atomic mass is 9.85. The summed E-state index contributed by atoms with van der Waals surface area (Å²) in [4.78, 5) is 16.5. The quantitative estimate of drug-likeness (QED) is 0.463. The largest absolute Gasteiger partial charge is 0.493 e. The lowest BCUT2D eigenvalue weighted by molar-refractivity contribution is 0.00871. The average Bonchev–Trinajstić information content (AvgIpc) is 3.62. The molecule has 0 aliphatic carbocycles. The van der Waals surface area contributed by atoms with Gasteiger partial charge < -0.3 is 28.4 Å². The van der Waals surface area contributed by atoms with Gasteiger partial charge in [0.25, 0.3) is 0 Å². The van der Waals surface area contributed by atoms with Crippen molar-refractivity contribution in [1.29, 1.82) is 0 Å². The minimum atomic E-state index is -0.550. The summed E-state index contributed by atoms with van der Waals surface area (Å²) in [6.45, 7) is 1.29. The number of hydrogen-bond acceptors (Lipinski definition) is 9. The highest BCUT2D eigenvalue weighted by atomic mass is 32.1.